The Labute approximate surface area is 116 Å². The van der Waals surface area contributed by atoms with Crippen LogP contribution in [0.3, 0.4) is 0 Å². The van der Waals surface area contributed by atoms with Gasteiger partial charge in [-0.15, -0.1) is 0 Å². The van der Waals surface area contributed by atoms with Crippen molar-refractivity contribution in [2.45, 2.75) is 19.8 Å². The molecule has 1 aromatic heterocycles. The fourth-order valence-corrected chi connectivity index (χ4v) is 2.92. The second-order valence-electron chi connectivity index (χ2n) is 4.76. The average Bonchev–Trinajstić information content (AvgIpc) is 2.81. The van der Waals surface area contributed by atoms with Gasteiger partial charge in [0.1, 0.15) is 5.82 Å². The fourth-order valence-electron chi connectivity index (χ4n) is 2.15. The molecule has 0 bridgehead atoms. The lowest BCUT2D eigenvalue weighted by molar-refractivity contribution is -0.128. The minimum Gasteiger partial charge on any atom is -0.349 e. The Morgan fingerprint density at radius 1 is 1.50 bits per heavy atom. The van der Waals surface area contributed by atoms with Gasteiger partial charge in [0.05, 0.1) is 11.0 Å². The van der Waals surface area contributed by atoms with Crippen molar-refractivity contribution in [1.29, 1.82) is 0 Å². The van der Waals surface area contributed by atoms with Crippen molar-refractivity contribution in [3.05, 3.63) is 22.3 Å². The number of rotatable bonds is 3. The van der Waals surface area contributed by atoms with Crippen LogP contribution in [-0.2, 0) is 4.79 Å². The smallest absolute Gasteiger partial charge is 0.242 e. The van der Waals surface area contributed by atoms with E-state index in [2.05, 4.69) is 20.9 Å². The van der Waals surface area contributed by atoms with Gasteiger partial charge in [-0.1, -0.05) is 0 Å². The molecule has 1 saturated heterocycles. The van der Waals surface area contributed by atoms with E-state index in [1.807, 2.05) is 36.0 Å². The van der Waals surface area contributed by atoms with Crippen LogP contribution in [0.2, 0.25) is 0 Å². The van der Waals surface area contributed by atoms with Crippen LogP contribution in [-0.4, -0.2) is 42.5 Å². The number of amides is 1. The summed E-state index contributed by atoms with van der Waals surface area (Å²) in [5.41, 5.74) is 1.10. The van der Waals surface area contributed by atoms with Crippen LogP contribution in [0, 0.1) is 6.92 Å². The number of halogens is 1. The van der Waals surface area contributed by atoms with Gasteiger partial charge in [-0.3, -0.25) is 4.79 Å². The van der Waals surface area contributed by atoms with E-state index >= 15 is 0 Å². The van der Waals surface area contributed by atoms with Gasteiger partial charge in [0.2, 0.25) is 5.91 Å². The highest BCUT2D eigenvalue weighted by molar-refractivity contribution is 9.10. The topological polar surface area (TPSA) is 36.4 Å². The zero-order valence-corrected chi connectivity index (χ0v) is 12.4. The first-order chi connectivity index (χ1) is 8.58. The monoisotopic (exact) mass is 311 g/mol. The van der Waals surface area contributed by atoms with E-state index in [0.717, 1.165) is 41.8 Å². The molecule has 0 saturated carbocycles. The Balaban J connectivity index is 2.02. The number of likely N-dealkylation sites (tertiary alicyclic amines) is 1. The molecular formula is C13H18BrN3O. The minimum atomic E-state index is 0.185. The zero-order valence-electron chi connectivity index (χ0n) is 10.8. The van der Waals surface area contributed by atoms with Crippen molar-refractivity contribution in [3.8, 4) is 0 Å². The van der Waals surface area contributed by atoms with E-state index in [-0.39, 0.29) is 5.91 Å². The number of carbonyl (C=O) groups excluding carboxylic acids is 1. The van der Waals surface area contributed by atoms with E-state index in [4.69, 9.17) is 0 Å². The lowest BCUT2D eigenvalue weighted by atomic mass is 10.3. The maximum atomic E-state index is 12.0. The van der Waals surface area contributed by atoms with E-state index in [0.29, 0.717) is 6.54 Å². The zero-order chi connectivity index (χ0) is 13.1. The molecule has 4 nitrogen and oxygen atoms in total. The molecule has 2 heterocycles. The van der Waals surface area contributed by atoms with Crippen LogP contribution in [0.25, 0.3) is 0 Å². The molecule has 1 amide bonds. The first-order valence-electron chi connectivity index (χ1n) is 6.19. The average molecular weight is 312 g/mol. The second kappa shape index (κ2) is 5.69. The van der Waals surface area contributed by atoms with Crippen molar-refractivity contribution in [2.24, 2.45) is 0 Å². The first kappa shape index (κ1) is 13.3. The summed E-state index contributed by atoms with van der Waals surface area (Å²) in [6, 6.07) is 2.01. The van der Waals surface area contributed by atoms with Crippen molar-refractivity contribution >= 4 is 27.7 Å². The van der Waals surface area contributed by atoms with Crippen LogP contribution in [0.5, 0.6) is 0 Å². The van der Waals surface area contributed by atoms with Crippen LogP contribution in [0.15, 0.2) is 16.7 Å². The molecule has 18 heavy (non-hydrogen) atoms. The summed E-state index contributed by atoms with van der Waals surface area (Å²) in [5, 5.41) is 0. The molecule has 0 radical (unpaired) electrons. The number of likely N-dealkylation sites (N-methyl/N-ethyl adjacent to an activating group) is 1. The third-order valence-corrected chi connectivity index (χ3v) is 3.73. The summed E-state index contributed by atoms with van der Waals surface area (Å²) in [6.45, 7) is 4.18. The molecule has 1 aliphatic heterocycles. The van der Waals surface area contributed by atoms with Gasteiger partial charge in [-0.05, 0) is 47.3 Å². The first-order valence-corrected chi connectivity index (χ1v) is 6.98. The highest BCUT2D eigenvalue weighted by Gasteiger charge is 2.20. The summed E-state index contributed by atoms with van der Waals surface area (Å²) in [5.74, 6) is 0.998. The Kier molecular flexibility index (Phi) is 4.22. The normalized spacial score (nSPS) is 14.9. The highest BCUT2D eigenvalue weighted by Crippen LogP contribution is 2.23. The Hall–Kier alpha value is -1.10. The van der Waals surface area contributed by atoms with Gasteiger partial charge in [-0.2, -0.15) is 0 Å². The number of pyridine rings is 1. The molecule has 0 atom stereocenters. The lowest BCUT2D eigenvalue weighted by Gasteiger charge is -2.22. The van der Waals surface area contributed by atoms with E-state index < -0.39 is 0 Å². The van der Waals surface area contributed by atoms with Crippen LogP contribution in [0.1, 0.15) is 18.4 Å². The van der Waals surface area contributed by atoms with Gasteiger partial charge in [0.15, 0.2) is 0 Å². The molecule has 2 rings (SSSR count). The number of carbonyl (C=O) groups is 1. The number of nitrogens with zero attached hydrogens (tertiary/aromatic N) is 3. The fraction of sp³-hybridized carbons (Fsp3) is 0.538. The molecule has 1 aromatic rings. The molecule has 0 aromatic carbocycles. The van der Waals surface area contributed by atoms with Gasteiger partial charge < -0.3 is 9.80 Å². The number of anilines is 1. The molecule has 0 unspecified atom stereocenters. The lowest BCUT2D eigenvalue weighted by Crippen LogP contribution is -2.37. The van der Waals surface area contributed by atoms with Gasteiger partial charge >= 0.3 is 0 Å². The number of aryl methyl sites for hydroxylation is 1. The number of hydrogen-bond acceptors (Lipinski definition) is 3. The summed E-state index contributed by atoms with van der Waals surface area (Å²) >= 11 is 3.49. The number of aromatic nitrogens is 1. The Morgan fingerprint density at radius 3 is 2.78 bits per heavy atom. The molecule has 5 heteroatoms. The van der Waals surface area contributed by atoms with Crippen molar-refractivity contribution < 1.29 is 4.79 Å². The van der Waals surface area contributed by atoms with Crippen molar-refractivity contribution in [1.82, 2.24) is 9.88 Å². The summed E-state index contributed by atoms with van der Waals surface area (Å²) in [7, 11) is 1.90. The van der Waals surface area contributed by atoms with Crippen molar-refractivity contribution in [3.63, 3.8) is 0 Å². The SMILES string of the molecule is Cc1cnc(N(C)CC(=O)N2CCCC2)c(Br)c1. The predicted octanol–water partition coefficient (Wildman–Crippen LogP) is 2.21. The molecular weight excluding hydrogens is 294 g/mol. The van der Waals surface area contributed by atoms with E-state index in [1.165, 1.54) is 0 Å². The Bertz CT molecular complexity index is 444. The van der Waals surface area contributed by atoms with Gasteiger partial charge in [0, 0.05) is 26.3 Å². The summed E-state index contributed by atoms with van der Waals surface area (Å²) in [4.78, 5) is 20.2. The number of hydrogen-bond donors (Lipinski definition) is 0. The summed E-state index contributed by atoms with van der Waals surface area (Å²) < 4.78 is 0.930. The summed E-state index contributed by atoms with van der Waals surface area (Å²) in [6.07, 6.45) is 4.07. The van der Waals surface area contributed by atoms with Crippen molar-refractivity contribution in [2.75, 3.05) is 31.6 Å². The molecule has 98 valence electrons. The quantitative estimate of drug-likeness (QED) is 0.858. The predicted molar refractivity (Wildman–Crippen MR) is 75.8 cm³/mol. The maximum Gasteiger partial charge on any atom is 0.242 e. The van der Waals surface area contributed by atoms with Crippen LogP contribution < -0.4 is 4.90 Å². The van der Waals surface area contributed by atoms with Gasteiger partial charge in [0.25, 0.3) is 0 Å². The molecule has 0 N–H and O–H groups in total. The molecule has 0 spiro atoms. The largest absolute Gasteiger partial charge is 0.349 e. The molecule has 1 fully saturated rings. The third-order valence-electron chi connectivity index (χ3n) is 3.15. The molecule has 1 aliphatic rings. The third kappa shape index (κ3) is 3.02. The van der Waals surface area contributed by atoms with Crippen LogP contribution in [0.4, 0.5) is 5.82 Å². The minimum absolute atomic E-state index is 0.185. The van der Waals surface area contributed by atoms with E-state index in [9.17, 15) is 4.79 Å². The maximum absolute atomic E-state index is 12.0. The standard InChI is InChI=1S/C13H18BrN3O/c1-10-7-11(14)13(15-8-10)16(2)9-12(18)17-5-3-4-6-17/h7-8H,3-6,9H2,1-2H3. The molecule has 0 aliphatic carbocycles. The van der Waals surface area contributed by atoms with Crippen LogP contribution >= 0.6 is 15.9 Å². The highest BCUT2D eigenvalue weighted by atomic mass is 79.9. The van der Waals surface area contributed by atoms with E-state index in [1.54, 1.807) is 0 Å². The second-order valence-corrected chi connectivity index (χ2v) is 5.62. The Morgan fingerprint density at radius 2 is 2.17 bits per heavy atom. The van der Waals surface area contributed by atoms with Gasteiger partial charge in [-0.25, -0.2) is 4.98 Å².